The fourth-order valence-electron chi connectivity index (χ4n) is 3.22. The predicted molar refractivity (Wildman–Crippen MR) is 118 cm³/mol. The van der Waals surface area contributed by atoms with E-state index in [1.54, 1.807) is 0 Å². The average Bonchev–Trinajstić information content (AvgIpc) is 2.70. The molecule has 0 bridgehead atoms. The second-order valence-electron chi connectivity index (χ2n) is 7.42. The van der Waals surface area contributed by atoms with Crippen molar-refractivity contribution in [2.75, 3.05) is 51.5 Å². The standard InChI is InChI=1S/C23H27N5/c1-27(2)13-5-12-25-23-21-14-17(15-24)6-11-20(21)22(16-26-23)18-7-9-19(10-8-18)28(3)4/h6-11,14,16H,5,12-13H2,1-4H3,(H,25,26). The highest BCUT2D eigenvalue weighted by Gasteiger charge is 2.11. The van der Waals surface area contributed by atoms with Crippen LogP contribution in [0.3, 0.4) is 0 Å². The van der Waals surface area contributed by atoms with E-state index < -0.39 is 0 Å². The first-order valence-corrected chi connectivity index (χ1v) is 9.49. The lowest BCUT2D eigenvalue weighted by Gasteiger charge is -2.15. The number of pyridine rings is 1. The molecular formula is C23H27N5. The molecule has 1 N–H and O–H groups in total. The maximum atomic E-state index is 9.33. The third-order valence-electron chi connectivity index (χ3n) is 4.79. The lowest BCUT2D eigenvalue weighted by molar-refractivity contribution is 0.405. The van der Waals surface area contributed by atoms with Crippen LogP contribution in [0.1, 0.15) is 12.0 Å². The molecule has 0 atom stereocenters. The molecule has 5 heteroatoms. The van der Waals surface area contributed by atoms with E-state index in [0.717, 1.165) is 52.9 Å². The van der Waals surface area contributed by atoms with Crippen molar-refractivity contribution in [3.8, 4) is 17.2 Å². The van der Waals surface area contributed by atoms with Gasteiger partial charge in [0.2, 0.25) is 0 Å². The molecule has 28 heavy (non-hydrogen) atoms. The van der Waals surface area contributed by atoms with Gasteiger partial charge in [0.1, 0.15) is 5.82 Å². The van der Waals surface area contributed by atoms with Gasteiger partial charge in [0.05, 0.1) is 11.6 Å². The summed E-state index contributed by atoms with van der Waals surface area (Å²) in [6.07, 6.45) is 2.95. The van der Waals surface area contributed by atoms with E-state index in [1.807, 2.05) is 38.5 Å². The zero-order valence-corrected chi connectivity index (χ0v) is 17.0. The first-order valence-electron chi connectivity index (χ1n) is 9.49. The summed E-state index contributed by atoms with van der Waals surface area (Å²) in [4.78, 5) is 8.94. The molecule has 0 aliphatic carbocycles. The number of hydrogen-bond donors (Lipinski definition) is 1. The van der Waals surface area contributed by atoms with Crippen molar-refractivity contribution in [3.63, 3.8) is 0 Å². The first kappa shape index (κ1) is 19.7. The van der Waals surface area contributed by atoms with E-state index in [-0.39, 0.29) is 0 Å². The number of aromatic nitrogens is 1. The van der Waals surface area contributed by atoms with Crippen LogP contribution in [-0.4, -0.2) is 51.2 Å². The smallest absolute Gasteiger partial charge is 0.133 e. The summed E-state index contributed by atoms with van der Waals surface area (Å²) in [5.74, 6) is 0.833. The minimum absolute atomic E-state index is 0.644. The van der Waals surface area contributed by atoms with Crippen molar-refractivity contribution >= 4 is 22.3 Å². The normalized spacial score (nSPS) is 10.9. The molecule has 0 saturated carbocycles. The summed E-state index contributed by atoms with van der Waals surface area (Å²) >= 11 is 0. The molecule has 0 unspecified atom stereocenters. The van der Waals surface area contributed by atoms with Gasteiger partial charge in [-0.15, -0.1) is 0 Å². The Morgan fingerprint density at radius 3 is 2.39 bits per heavy atom. The summed E-state index contributed by atoms with van der Waals surface area (Å²) < 4.78 is 0. The third-order valence-corrected chi connectivity index (χ3v) is 4.79. The molecule has 3 aromatic rings. The van der Waals surface area contributed by atoms with Crippen LogP contribution in [0.25, 0.3) is 21.9 Å². The third kappa shape index (κ3) is 4.41. The highest BCUT2D eigenvalue weighted by molar-refractivity contribution is 6.02. The summed E-state index contributed by atoms with van der Waals surface area (Å²) in [5, 5.41) is 14.9. The molecule has 0 radical (unpaired) electrons. The molecule has 0 saturated heterocycles. The van der Waals surface area contributed by atoms with Gasteiger partial charge >= 0.3 is 0 Å². The van der Waals surface area contributed by atoms with E-state index in [9.17, 15) is 5.26 Å². The molecule has 1 aromatic heterocycles. The number of nitrogens with zero attached hydrogens (tertiary/aromatic N) is 4. The summed E-state index contributed by atoms with van der Waals surface area (Å²) in [6.45, 7) is 1.86. The Labute approximate surface area is 167 Å². The fourth-order valence-corrected chi connectivity index (χ4v) is 3.22. The lowest BCUT2D eigenvalue weighted by Crippen LogP contribution is -2.16. The average molecular weight is 374 g/mol. The van der Waals surface area contributed by atoms with E-state index in [0.29, 0.717) is 5.56 Å². The molecule has 0 aliphatic heterocycles. The largest absolute Gasteiger partial charge is 0.378 e. The van der Waals surface area contributed by atoms with Crippen LogP contribution in [0.2, 0.25) is 0 Å². The quantitative estimate of drug-likeness (QED) is 0.629. The number of nitriles is 1. The van der Waals surface area contributed by atoms with Crippen LogP contribution in [0.15, 0.2) is 48.7 Å². The Morgan fingerprint density at radius 2 is 1.75 bits per heavy atom. The molecule has 144 valence electrons. The summed E-state index contributed by atoms with van der Waals surface area (Å²) in [6, 6.07) is 16.5. The predicted octanol–water partition coefficient (Wildman–Crippen LogP) is 4.20. The highest BCUT2D eigenvalue weighted by atomic mass is 15.1. The van der Waals surface area contributed by atoms with Gasteiger partial charge in [0.25, 0.3) is 0 Å². The van der Waals surface area contributed by atoms with Crippen LogP contribution in [0.4, 0.5) is 11.5 Å². The van der Waals surface area contributed by atoms with E-state index in [2.05, 4.69) is 64.5 Å². The van der Waals surface area contributed by atoms with Gasteiger partial charge in [-0.25, -0.2) is 4.98 Å². The lowest BCUT2D eigenvalue weighted by atomic mass is 9.98. The van der Waals surface area contributed by atoms with Gasteiger partial charge in [0, 0.05) is 43.5 Å². The van der Waals surface area contributed by atoms with Crippen molar-refractivity contribution in [3.05, 3.63) is 54.2 Å². The fraction of sp³-hybridized carbons (Fsp3) is 0.304. The van der Waals surface area contributed by atoms with Gasteiger partial charge in [-0.2, -0.15) is 5.26 Å². The Balaban J connectivity index is 1.98. The van der Waals surface area contributed by atoms with Crippen LogP contribution < -0.4 is 10.2 Å². The van der Waals surface area contributed by atoms with Crippen LogP contribution in [0, 0.1) is 11.3 Å². The van der Waals surface area contributed by atoms with Gasteiger partial charge in [-0.3, -0.25) is 0 Å². The van der Waals surface area contributed by atoms with Gasteiger partial charge in [-0.05, 0) is 62.3 Å². The maximum absolute atomic E-state index is 9.33. The van der Waals surface area contributed by atoms with E-state index in [1.165, 1.54) is 0 Å². The van der Waals surface area contributed by atoms with Gasteiger partial charge < -0.3 is 15.1 Å². The Morgan fingerprint density at radius 1 is 1.00 bits per heavy atom. The van der Waals surface area contributed by atoms with Gasteiger partial charge in [0.15, 0.2) is 0 Å². The monoisotopic (exact) mass is 373 g/mol. The Kier molecular flexibility index (Phi) is 6.13. The van der Waals surface area contributed by atoms with Crippen molar-refractivity contribution < 1.29 is 0 Å². The Hall–Kier alpha value is -3.10. The number of hydrogen-bond acceptors (Lipinski definition) is 5. The Bertz CT molecular complexity index is 984. The summed E-state index contributed by atoms with van der Waals surface area (Å²) in [7, 11) is 8.21. The molecule has 0 amide bonds. The van der Waals surface area contributed by atoms with Crippen molar-refractivity contribution in [2.45, 2.75) is 6.42 Å². The zero-order chi connectivity index (χ0) is 20.1. The number of nitrogens with one attached hydrogen (secondary N) is 1. The first-order chi connectivity index (χ1) is 13.5. The van der Waals surface area contributed by atoms with Crippen LogP contribution in [-0.2, 0) is 0 Å². The molecular weight excluding hydrogens is 346 g/mol. The number of anilines is 2. The topological polar surface area (TPSA) is 55.2 Å². The molecule has 2 aromatic carbocycles. The zero-order valence-electron chi connectivity index (χ0n) is 17.0. The molecule has 0 fully saturated rings. The van der Waals surface area contributed by atoms with Crippen molar-refractivity contribution in [1.82, 2.24) is 9.88 Å². The second kappa shape index (κ2) is 8.73. The molecule has 0 aliphatic rings. The maximum Gasteiger partial charge on any atom is 0.133 e. The molecule has 1 heterocycles. The summed E-state index contributed by atoms with van der Waals surface area (Å²) in [5.41, 5.74) is 3.99. The van der Waals surface area contributed by atoms with Crippen LogP contribution in [0.5, 0.6) is 0 Å². The molecule has 3 rings (SSSR count). The highest BCUT2D eigenvalue weighted by Crippen LogP contribution is 2.33. The molecule has 0 spiro atoms. The number of benzene rings is 2. The minimum atomic E-state index is 0.644. The van der Waals surface area contributed by atoms with Crippen molar-refractivity contribution in [2.24, 2.45) is 0 Å². The SMILES string of the molecule is CN(C)CCCNc1ncc(-c2ccc(N(C)C)cc2)c2ccc(C#N)cc12. The molecule has 5 nitrogen and oxygen atoms in total. The van der Waals surface area contributed by atoms with Crippen LogP contribution >= 0.6 is 0 Å². The van der Waals surface area contributed by atoms with Crippen molar-refractivity contribution in [1.29, 1.82) is 5.26 Å². The number of rotatable bonds is 7. The second-order valence-corrected chi connectivity index (χ2v) is 7.42. The minimum Gasteiger partial charge on any atom is -0.378 e. The van der Waals surface area contributed by atoms with Gasteiger partial charge in [-0.1, -0.05) is 18.2 Å². The number of fused-ring (bicyclic) bond motifs is 1. The van der Waals surface area contributed by atoms with E-state index in [4.69, 9.17) is 0 Å². The van der Waals surface area contributed by atoms with E-state index >= 15 is 0 Å².